The van der Waals surface area contributed by atoms with E-state index in [1.54, 1.807) is 19.5 Å². The lowest BCUT2D eigenvalue weighted by atomic mass is 10.2. The van der Waals surface area contributed by atoms with Crippen molar-refractivity contribution in [1.29, 1.82) is 0 Å². The van der Waals surface area contributed by atoms with E-state index in [1.165, 1.54) is 19.1 Å². The second kappa shape index (κ2) is 8.91. The predicted octanol–water partition coefficient (Wildman–Crippen LogP) is 2.80. The number of imidazole rings is 1. The fourth-order valence-electron chi connectivity index (χ4n) is 2.18. The smallest absolute Gasteiger partial charge is 0.295 e. The zero-order chi connectivity index (χ0) is 20.9. The molecule has 10 nitrogen and oxygen atoms in total. The third-order valence-electron chi connectivity index (χ3n) is 3.48. The number of aryl methyl sites for hydroxylation is 1. The molecule has 0 fully saturated rings. The third-order valence-corrected chi connectivity index (χ3v) is 4.95. The van der Waals surface area contributed by atoms with Gasteiger partial charge in [-0.1, -0.05) is 6.07 Å². The molecule has 1 aromatic carbocycles. The lowest BCUT2D eigenvalue weighted by Crippen LogP contribution is -2.01. The highest BCUT2D eigenvalue weighted by atomic mass is 79.9. The van der Waals surface area contributed by atoms with Crippen molar-refractivity contribution < 1.29 is 17.9 Å². The number of aromatic nitrogens is 2. The number of nitrogens with one attached hydrogen (secondary N) is 1. The number of halogens is 1. The average Bonchev–Trinajstić information content (AvgIpc) is 3.01. The summed E-state index contributed by atoms with van der Waals surface area (Å²) in [6, 6.07) is 7.16. The highest BCUT2D eigenvalue weighted by Crippen LogP contribution is 2.21. The van der Waals surface area contributed by atoms with E-state index >= 15 is 0 Å². The third kappa shape index (κ3) is 5.34. The van der Waals surface area contributed by atoms with Gasteiger partial charge in [0.1, 0.15) is 10.5 Å². The van der Waals surface area contributed by atoms with E-state index in [9.17, 15) is 18.5 Å². The predicted molar refractivity (Wildman–Crippen MR) is 107 cm³/mol. The molecule has 0 radical (unpaired) electrons. The summed E-state index contributed by atoms with van der Waals surface area (Å²) in [7, 11) is -2.63. The summed E-state index contributed by atoms with van der Waals surface area (Å²) in [6.45, 7) is 1.44. The summed E-state index contributed by atoms with van der Waals surface area (Å²) in [5.41, 5.74) is 4.44. The molecule has 0 bridgehead atoms. The SMILES string of the molecule is CNN=Cc1cnc2ccc(Br)cn12.Cc1ccc([N+](=O)[O-])cc1S(=O)(=O)O. The van der Waals surface area contributed by atoms with Gasteiger partial charge in [-0.25, -0.2) is 4.98 Å². The molecule has 0 aliphatic rings. The fourth-order valence-corrected chi connectivity index (χ4v) is 3.26. The van der Waals surface area contributed by atoms with Gasteiger partial charge < -0.3 is 5.43 Å². The Morgan fingerprint density at radius 2 is 2.07 bits per heavy atom. The van der Waals surface area contributed by atoms with Crippen LogP contribution in [0.2, 0.25) is 0 Å². The molecule has 2 N–H and O–H groups in total. The Morgan fingerprint density at radius 3 is 2.68 bits per heavy atom. The molecule has 0 spiro atoms. The number of pyridine rings is 1. The van der Waals surface area contributed by atoms with E-state index in [0.717, 1.165) is 21.9 Å². The Bertz CT molecular complexity index is 1140. The van der Waals surface area contributed by atoms with Crippen LogP contribution in [-0.2, 0) is 10.1 Å². The molecule has 0 atom stereocenters. The van der Waals surface area contributed by atoms with Gasteiger partial charge in [0.25, 0.3) is 15.8 Å². The first-order valence-corrected chi connectivity index (χ1v) is 9.91. The Balaban J connectivity index is 0.000000200. The highest BCUT2D eigenvalue weighted by Gasteiger charge is 2.17. The molecule has 0 saturated carbocycles. The summed E-state index contributed by atoms with van der Waals surface area (Å²) < 4.78 is 33.2. The van der Waals surface area contributed by atoms with Crippen molar-refractivity contribution >= 4 is 43.6 Å². The van der Waals surface area contributed by atoms with E-state index < -0.39 is 19.9 Å². The van der Waals surface area contributed by atoms with Crippen LogP contribution in [0.4, 0.5) is 5.69 Å². The van der Waals surface area contributed by atoms with Crippen molar-refractivity contribution in [2.45, 2.75) is 11.8 Å². The maximum absolute atomic E-state index is 10.8. The summed E-state index contributed by atoms with van der Waals surface area (Å²) in [6.07, 6.45) is 5.47. The molecular weight excluding hydrogens is 454 g/mol. The first-order valence-electron chi connectivity index (χ1n) is 7.68. The molecular formula is C16H16BrN5O5S. The van der Waals surface area contributed by atoms with Crippen LogP contribution in [-0.4, -0.2) is 40.5 Å². The maximum Gasteiger partial charge on any atom is 0.295 e. The maximum atomic E-state index is 10.8. The van der Waals surface area contributed by atoms with Crippen LogP contribution in [0.3, 0.4) is 0 Å². The van der Waals surface area contributed by atoms with Gasteiger partial charge in [0, 0.05) is 29.8 Å². The lowest BCUT2D eigenvalue weighted by molar-refractivity contribution is -0.385. The van der Waals surface area contributed by atoms with Crippen LogP contribution in [0.1, 0.15) is 11.3 Å². The van der Waals surface area contributed by atoms with Crippen LogP contribution >= 0.6 is 15.9 Å². The second-order valence-corrected chi connectivity index (χ2v) is 7.73. The van der Waals surface area contributed by atoms with E-state index in [0.29, 0.717) is 0 Å². The van der Waals surface area contributed by atoms with Gasteiger partial charge in [0.15, 0.2) is 0 Å². The van der Waals surface area contributed by atoms with Crippen LogP contribution in [0.25, 0.3) is 5.65 Å². The van der Waals surface area contributed by atoms with Crippen molar-refractivity contribution in [3.05, 3.63) is 68.6 Å². The van der Waals surface area contributed by atoms with Gasteiger partial charge in [-0.3, -0.25) is 19.1 Å². The molecule has 0 aliphatic heterocycles. The minimum absolute atomic E-state index is 0.262. The monoisotopic (exact) mass is 469 g/mol. The number of nitro benzene ring substituents is 1. The van der Waals surface area contributed by atoms with Gasteiger partial charge in [-0.05, 0) is 40.5 Å². The van der Waals surface area contributed by atoms with E-state index in [2.05, 4.69) is 31.4 Å². The standard InChI is InChI=1S/C9H9BrN4.C7H7NO5S/c1-11-13-5-8-4-12-9-3-2-7(10)6-14(8)9;1-5-2-3-6(8(9)10)4-7(5)14(11,12)13/h2-6,11H,1H3;2-4H,1H3,(H,11,12,13). The number of nitro groups is 1. The minimum Gasteiger partial charge on any atom is -0.313 e. The molecule has 148 valence electrons. The Kier molecular flexibility index (Phi) is 6.83. The summed E-state index contributed by atoms with van der Waals surface area (Å²) in [5.74, 6) is 0. The number of non-ortho nitro benzene ring substituents is 1. The largest absolute Gasteiger partial charge is 0.313 e. The van der Waals surface area contributed by atoms with Gasteiger partial charge in [0.05, 0.1) is 23.0 Å². The molecule has 28 heavy (non-hydrogen) atoms. The van der Waals surface area contributed by atoms with Crippen molar-refractivity contribution in [1.82, 2.24) is 14.8 Å². The Labute approximate surface area is 168 Å². The summed E-state index contributed by atoms with van der Waals surface area (Å²) in [4.78, 5) is 13.4. The van der Waals surface area contributed by atoms with Crippen molar-refractivity contribution in [2.75, 3.05) is 7.05 Å². The van der Waals surface area contributed by atoms with Gasteiger partial charge >= 0.3 is 0 Å². The first kappa shape index (κ1) is 21.5. The molecule has 0 saturated heterocycles. The number of rotatable bonds is 4. The molecule has 3 aromatic rings. The topological polar surface area (TPSA) is 139 Å². The molecule has 2 heterocycles. The molecule has 2 aromatic heterocycles. The fraction of sp³-hybridized carbons (Fsp3) is 0.125. The Morgan fingerprint density at radius 1 is 1.36 bits per heavy atom. The Hall–Kier alpha value is -2.83. The summed E-state index contributed by atoms with van der Waals surface area (Å²) in [5, 5.41) is 14.3. The van der Waals surface area contributed by atoms with Crippen LogP contribution in [0, 0.1) is 17.0 Å². The van der Waals surface area contributed by atoms with Crippen molar-refractivity contribution in [3.63, 3.8) is 0 Å². The minimum atomic E-state index is -4.39. The zero-order valence-corrected chi connectivity index (χ0v) is 17.2. The van der Waals surface area contributed by atoms with Crippen LogP contribution < -0.4 is 5.43 Å². The van der Waals surface area contributed by atoms with E-state index in [1.807, 2.05) is 22.7 Å². The van der Waals surface area contributed by atoms with E-state index in [-0.39, 0.29) is 11.3 Å². The van der Waals surface area contributed by atoms with Crippen LogP contribution in [0.5, 0.6) is 0 Å². The number of hydrazone groups is 1. The lowest BCUT2D eigenvalue weighted by Gasteiger charge is -2.00. The average molecular weight is 470 g/mol. The van der Waals surface area contributed by atoms with Gasteiger partial charge in [-0.15, -0.1) is 0 Å². The summed E-state index contributed by atoms with van der Waals surface area (Å²) >= 11 is 3.41. The van der Waals surface area contributed by atoms with Crippen LogP contribution in [0.15, 0.2) is 57.2 Å². The van der Waals surface area contributed by atoms with Crippen molar-refractivity contribution in [2.24, 2.45) is 5.10 Å². The second-order valence-electron chi connectivity index (χ2n) is 5.42. The first-order chi connectivity index (χ1) is 13.1. The number of benzene rings is 1. The van der Waals surface area contributed by atoms with Crippen molar-refractivity contribution in [3.8, 4) is 0 Å². The molecule has 0 amide bonds. The quantitative estimate of drug-likeness (QED) is 0.259. The number of fused-ring (bicyclic) bond motifs is 1. The number of nitrogens with zero attached hydrogens (tertiary/aromatic N) is 4. The zero-order valence-electron chi connectivity index (χ0n) is 14.8. The van der Waals surface area contributed by atoms with E-state index in [4.69, 9.17) is 4.55 Å². The van der Waals surface area contributed by atoms with Gasteiger partial charge in [-0.2, -0.15) is 13.5 Å². The normalized spacial score (nSPS) is 11.3. The molecule has 12 heteroatoms. The highest BCUT2D eigenvalue weighted by molar-refractivity contribution is 9.10. The van der Waals surface area contributed by atoms with Gasteiger partial charge in [0.2, 0.25) is 0 Å². The molecule has 3 rings (SSSR count). The number of hydrogen-bond donors (Lipinski definition) is 2. The molecule has 0 aliphatic carbocycles. The molecule has 0 unspecified atom stereocenters. The number of hydrogen-bond acceptors (Lipinski definition) is 7.